The number of hydrogen-bond donors (Lipinski definition) is 1. The number of esters is 1. The van der Waals surface area contributed by atoms with Crippen LogP contribution in [0.2, 0.25) is 5.02 Å². The van der Waals surface area contributed by atoms with Gasteiger partial charge in [-0.2, -0.15) is 0 Å². The van der Waals surface area contributed by atoms with Crippen LogP contribution in [0.15, 0.2) is 54.1 Å². The summed E-state index contributed by atoms with van der Waals surface area (Å²) in [7, 11) is 1.29. The molecule has 1 heterocycles. The monoisotopic (exact) mass is 344 g/mol. The summed E-state index contributed by atoms with van der Waals surface area (Å²) in [6.45, 7) is 1.65. The van der Waals surface area contributed by atoms with E-state index < -0.39 is 11.6 Å². The van der Waals surface area contributed by atoms with Crippen molar-refractivity contribution in [2.75, 3.05) is 13.7 Å². The van der Waals surface area contributed by atoms with Gasteiger partial charge in [0.25, 0.3) is 0 Å². The van der Waals surface area contributed by atoms with Gasteiger partial charge in [-0.1, -0.05) is 41.9 Å². The fourth-order valence-electron chi connectivity index (χ4n) is 2.99. The van der Waals surface area contributed by atoms with Crippen molar-refractivity contribution in [3.63, 3.8) is 0 Å². The molecule has 1 aliphatic heterocycles. The van der Waals surface area contributed by atoms with Crippen molar-refractivity contribution >= 4 is 23.1 Å². The first-order chi connectivity index (χ1) is 11.5. The van der Waals surface area contributed by atoms with Crippen molar-refractivity contribution in [2.24, 2.45) is 0 Å². The standard InChI is InChI=1S/C19H17ClO4/c1-12-15-10-14(20)8-9-16(15)24-11-19(22,17(12)18(21)23-2)13-6-4-3-5-7-13/h3-10,22H,11H2,1-2H3. The fraction of sp³-hybridized carbons (Fsp3) is 0.211. The van der Waals surface area contributed by atoms with E-state index in [1.165, 1.54) is 7.11 Å². The topological polar surface area (TPSA) is 55.8 Å². The Hall–Kier alpha value is -2.30. The highest BCUT2D eigenvalue weighted by atomic mass is 35.5. The Kier molecular flexibility index (Phi) is 4.35. The third-order valence-corrected chi connectivity index (χ3v) is 4.45. The lowest BCUT2D eigenvalue weighted by molar-refractivity contribution is -0.139. The van der Waals surface area contributed by atoms with E-state index in [4.69, 9.17) is 21.1 Å². The van der Waals surface area contributed by atoms with Gasteiger partial charge in [-0.3, -0.25) is 0 Å². The maximum absolute atomic E-state index is 12.5. The Bertz CT molecular complexity index is 813. The van der Waals surface area contributed by atoms with Crippen molar-refractivity contribution in [1.29, 1.82) is 0 Å². The number of allylic oxidation sites excluding steroid dienone is 1. The van der Waals surface area contributed by atoms with E-state index >= 15 is 0 Å². The van der Waals surface area contributed by atoms with Crippen molar-refractivity contribution in [2.45, 2.75) is 12.5 Å². The van der Waals surface area contributed by atoms with Crippen LogP contribution in [0.25, 0.3) is 5.57 Å². The molecule has 0 aliphatic carbocycles. The molecule has 0 saturated carbocycles. The number of carbonyl (C=O) groups excluding carboxylic acids is 1. The van der Waals surface area contributed by atoms with Crippen LogP contribution in [-0.2, 0) is 15.1 Å². The molecule has 1 aliphatic rings. The smallest absolute Gasteiger partial charge is 0.337 e. The van der Waals surface area contributed by atoms with Crippen molar-refractivity contribution < 1.29 is 19.4 Å². The highest BCUT2D eigenvalue weighted by molar-refractivity contribution is 6.30. The molecule has 1 unspecified atom stereocenters. The van der Waals surface area contributed by atoms with Gasteiger partial charge in [-0.25, -0.2) is 4.79 Å². The molecule has 0 amide bonds. The summed E-state index contributed by atoms with van der Waals surface area (Å²) < 4.78 is 10.7. The van der Waals surface area contributed by atoms with E-state index in [0.29, 0.717) is 27.5 Å². The largest absolute Gasteiger partial charge is 0.489 e. The second kappa shape index (κ2) is 6.30. The lowest BCUT2D eigenvalue weighted by atomic mass is 9.83. The first-order valence-electron chi connectivity index (χ1n) is 7.47. The number of carbonyl (C=O) groups is 1. The van der Waals surface area contributed by atoms with Crippen LogP contribution in [0.3, 0.4) is 0 Å². The summed E-state index contributed by atoms with van der Waals surface area (Å²) in [5.74, 6) is -0.0413. The Morgan fingerprint density at radius 2 is 1.96 bits per heavy atom. The first kappa shape index (κ1) is 16.6. The molecule has 0 spiro atoms. The predicted octanol–water partition coefficient (Wildman–Crippen LogP) is 3.57. The van der Waals surface area contributed by atoms with Crippen LogP contribution in [0.4, 0.5) is 0 Å². The lowest BCUT2D eigenvalue weighted by Crippen LogP contribution is -2.38. The zero-order chi connectivity index (χ0) is 17.3. The van der Waals surface area contributed by atoms with Crippen molar-refractivity contribution in [1.82, 2.24) is 0 Å². The lowest BCUT2D eigenvalue weighted by Gasteiger charge is -2.29. The maximum Gasteiger partial charge on any atom is 0.337 e. The van der Waals surface area contributed by atoms with Gasteiger partial charge in [0.15, 0.2) is 5.60 Å². The van der Waals surface area contributed by atoms with Crippen LogP contribution in [-0.4, -0.2) is 24.8 Å². The third-order valence-electron chi connectivity index (χ3n) is 4.21. The van der Waals surface area contributed by atoms with Gasteiger partial charge in [-0.15, -0.1) is 0 Å². The molecule has 0 bridgehead atoms. The summed E-state index contributed by atoms with van der Waals surface area (Å²) in [5.41, 5.74) is 0.322. The highest BCUT2D eigenvalue weighted by Crippen LogP contribution is 2.42. The number of methoxy groups -OCH3 is 1. The normalized spacial score (nSPS) is 20.0. The van der Waals surface area contributed by atoms with Crippen LogP contribution < -0.4 is 4.74 Å². The number of aliphatic hydroxyl groups is 1. The molecule has 0 radical (unpaired) electrons. The van der Waals surface area contributed by atoms with Gasteiger partial charge in [0.1, 0.15) is 12.4 Å². The van der Waals surface area contributed by atoms with E-state index in [9.17, 15) is 9.90 Å². The van der Waals surface area contributed by atoms with Gasteiger partial charge in [-0.05, 0) is 36.3 Å². The minimum atomic E-state index is -1.62. The molecule has 24 heavy (non-hydrogen) atoms. The highest BCUT2D eigenvalue weighted by Gasteiger charge is 2.43. The van der Waals surface area contributed by atoms with Crippen LogP contribution >= 0.6 is 11.6 Å². The SMILES string of the molecule is COC(=O)C1=C(C)c2cc(Cl)ccc2OCC1(O)c1ccccc1. The molecule has 1 N–H and O–H groups in total. The molecule has 5 heteroatoms. The fourth-order valence-corrected chi connectivity index (χ4v) is 3.16. The second-order valence-electron chi connectivity index (χ2n) is 5.65. The van der Waals surface area contributed by atoms with E-state index in [2.05, 4.69) is 0 Å². The molecule has 0 aromatic heterocycles. The molecule has 0 saturated heterocycles. The Balaban J connectivity index is 2.28. The first-order valence-corrected chi connectivity index (χ1v) is 7.85. The summed E-state index contributed by atoms with van der Waals surface area (Å²) in [4.78, 5) is 12.5. The van der Waals surface area contributed by atoms with Crippen molar-refractivity contribution in [3.05, 3.63) is 70.3 Å². The zero-order valence-electron chi connectivity index (χ0n) is 13.4. The van der Waals surface area contributed by atoms with Crippen LogP contribution in [0.1, 0.15) is 18.1 Å². The molecule has 4 nitrogen and oxygen atoms in total. The van der Waals surface area contributed by atoms with Gasteiger partial charge < -0.3 is 14.6 Å². The number of hydrogen-bond acceptors (Lipinski definition) is 4. The summed E-state index contributed by atoms with van der Waals surface area (Å²) in [5, 5.41) is 11.9. The Labute approximate surface area is 145 Å². The average molecular weight is 345 g/mol. The number of fused-ring (bicyclic) bond motifs is 1. The van der Waals surface area contributed by atoms with E-state index in [1.807, 2.05) is 6.07 Å². The van der Waals surface area contributed by atoms with Gasteiger partial charge in [0.2, 0.25) is 0 Å². The molecular formula is C19H17ClO4. The van der Waals surface area contributed by atoms with Gasteiger partial charge in [0, 0.05) is 10.6 Å². The molecule has 0 fully saturated rings. The van der Waals surface area contributed by atoms with Crippen LogP contribution in [0, 0.1) is 0 Å². The minimum absolute atomic E-state index is 0.104. The molecule has 2 aromatic rings. The van der Waals surface area contributed by atoms with E-state index in [0.717, 1.165) is 0 Å². The van der Waals surface area contributed by atoms with E-state index in [1.54, 1.807) is 49.4 Å². The van der Waals surface area contributed by atoms with Crippen LogP contribution in [0.5, 0.6) is 5.75 Å². The molecular weight excluding hydrogens is 328 g/mol. The number of ether oxygens (including phenoxy) is 2. The van der Waals surface area contributed by atoms with Gasteiger partial charge >= 0.3 is 5.97 Å². The summed E-state index contributed by atoms with van der Waals surface area (Å²) in [6.07, 6.45) is 0. The molecule has 2 aromatic carbocycles. The molecule has 124 valence electrons. The molecule has 3 rings (SSSR count). The minimum Gasteiger partial charge on any atom is -0.489 e. The number of benzene rings is 2. The molecule has 1 atom stereocenters. The maximum atomic E-state index is 12.5. The number of halogens is 1. The third kappa shape index (κ3) is 2.68. The zero-order valence-corrected chi connectivity index (χ0v) is 14.1. The summed E-state index contributed by atoms with van der Waals surface area (Å²) >= 11 is 6.09. The van der Waals surface area contributed by atoms with Crippen molar-refractivity contribution in [3.8, 4) is 5.75 Å². The average Bonchev–Trinajstić information content (AvgIpc) is 2.71. The quantitative estimate of drug-likeness (QED) is 0.846. The summed E-state index contributed by atoms with van der Waals surface area (Å²) in [6, 6.07) is 14.1. The second-order valence-corrected chi connectivity index (χ2v) is 6.08. The van der Waals surface area contributed by atoms with Gasteiger partial charge in [0.05, 0.1) is 12.7 Å². The Morgan fingerprint density at radius 1 is 1.25 bits per heavy atom. The van der Waals surface area contributed by atoms with E-state index in [-0.39, 0.29) is 12.2 Å². The predicted molar refractivity (Wildman–Crippen MR) is 91.9 cm³/mol. The Morgan fingerprint density at radius 3 is 2.62 bits per heavy atom. The number of rotatable bonds is 2.